The highest BCUT2D eigenvalue weighted by atomic mass is 32.1. The standard InChI is InChI=1S/C28H34N2OS/c1-2-3-11-24(26(21-31)27-22-32-28-13-8-7-12-25(27)28)20-30-18-16-29(17-19-30)15-14-23-9-5-4-6-10-23/h4-10,12-13,22,24H,2-3,11,14-20H2,1H3. The first-order chi connectivity index (χ1) is 15.8. The van der Waals surface area contributed by atoms with Crippen LogP contribution in [0.5, 0.6) is 0 Å². The van der Waals surface area contributed by atoms with Gasteiger partial charge in [0.15, 0.2) is 0 Å². The summed E-state index contributed by atoms with van der Waals surface area (Å²) in [6, 6.07) is 19.2. The molecule has 1 atom stereocenters. The van der Waals surface area contributed by atoms with Gasteiger partial charge in [-0.3, -0.25) is 0 Å². The SMILES string of the molecule is CCCCC(CN1CCN(CCc2ccccc2)CC1)C(=C=O)c1csc2ccccc12. The highest BCUT2D eigenvalue weighted by molar-refractivity contribution is 7.17. The molecule has 4 heteroatoms. The average Bonchev–Trinajstić information content (AvgIpc) is 3.27. The van der Waals surface area contributed by atoms with E-state index in [-0.39, 0.29) is 5.92 Å². The van der Waals surface area contributed by atoms with Crippen LogP contribution in [0.4, 0.5) is 0 Å². The van der Waals surface area contributed by atoms with Crippen molar-refractivity contribution in [3.8, 4) is 0 Å². The third kappa shape index (κ3) is 5.76. The van der Waals surface area contributed by atoms with Gasteiger partial charge in [0.2, 0.25) is 0 Å². The van der Waals surface area contributed by atoms with Crippen molar-refractivity contribution in [2.45, 2.75) is 32.6 Å². The lowest BCUT2D eigenvalue weighted by Crippen LogP contribution is -2.48. The molecule has 0 spiro atoms. The maximum Gasteiger partial charge on any atom is 0.128 e. The van der Waals surface area contributed by atoms with E-state index in [0.717, 1.165) is 76.1 Å². The molecule has 32 heavy (non-hydrogen) atoms. The molecule has 168 valence electrons. The van der Waals surface area contributed by atoms with E-state index in [4.69, 9.17) is 0 Å². The lowest BCUT2D eigenvalue weighted by Gasteiger charge is -2.36. The Labute approximate surface area is 196 Å². The largest absolute Gasteiger partial charge is 0.300 e. The van der Waals surface area contributed by atoms with Crippen LogP contribution in [0.2, 0.25) is 0 Å². The first kappa shape index (κ1) is 22.9. The molecule has 0 N–H and O–H groups in total. The zero-order valence-corrected chi connectivity index (χ0v) is 19.9. The predicted molar refractivity (Wildman–Crippen MR) is 137 cm³/mol. The lowest BCUT2D eigenvalue weighted by atomic mass is 9.88. The van der Waals surface area contributed by atoms with E-state index in [0.29, 0.717) is 0 Å². The second kappa shape index (κ2) is 11.6. The minimum Gasteiger partial charge on any atom is -0.300 e. The van der Waals surface area contributed by atoms with Gasteiger partial charge in [0.05, 0.1) is 0 Å². The van der Waals surface area contributed by atoms with Gasteiger partial charge in [0.25, 0.3) is 0 Å². The number of rotatable bonds is 10. The first-order valence-electron chi connectivity index (χ1n) is 12.0. The molecule has 1 aromatic heterocycles. The molecule has 0 amide bonds. The molecular weight excluding hydrogens is 412 g/mol. The molecule has 3 aromatic rings. The molecular formula is C28H34N2OS. The van der Waals surface area contributed by atoms with Gasteiger partial charge in [0, 0.05) is 71.8 Å². The van der Waals surface area contributed by atoms with Crippen LogP contribution in [0.25, 0.3) is 15.7 Å². The van der Waals surface area contributed by atoms with Crippen molar-refractivity contribution in [1.82, 2.24) is 9.80 Å². The third-order valence-corrected chi connectivity index (χ3v) is 7.66. The molecule has 1 aliphatic rings. The Morgan fingerprint density at radius 2 is 1.72 bits per heavy atom. The monoisotopic (exact) mass is 446 g/mol. The Morgan fingerprint density at radius 1 is 1.00 bits per heavy atom. The van der Waals surface area contributed by atoms with Crippen molar-refractivity contribution in [3.05, 3.63) is 71.1 Å². The van der Waals surface area contributed by atoms with E-state index in [9.17, 15) is 4.79 Å². The van der Waals surface area contributed by atoms with Crippen LogP contribution < -0.4 is 0 Å². The molecule has 4 rings (SSSR count). The average molecular weight is 447 g/mol. The quantitative estimate of drug-likeness (QED) is 0.369. The smallest absolute Gasteiger partial charge is 0.128 e. The second-order valence-electron chi connectivity index (χ2n) is 8.88. The van der Waals surface area contributed by atoms with Crippen LogP contribution >= 0.6 is 11.3 Å². The Balaban J connectivity index is 1.38. The maximum atomic E-state index is 12.2. The molecule has 1 unspecified atom stereocenters. The number of thiophene rings is 1. The van der Waals surface area contributed by atoms with Crippen molar-refractivity contribution < 1.29 is 4.79 Å². The van der Waals surface area contributed by atoms with E-state index < -0.39 is 0 Å². The van der Waals surface area contributed by atoms with Crippen LogP contribution in [0.1, 0.15) is 37.3 Å². The number of fused-ring (bicyclic) bond motifs is 1. The van der Waals surface area contributed by atoms with Gasteiger partial charge in [-0.1, -0.05) is 68.3 Å². The summed E-state index contributed by atoms with van der Waals surface area (Å²) >= 11 is 1.73. The van der Waals surface area contributed by atoms with Gasteiger partial charge < -0.3 is 9.80 Å². The van der Waals surface area contributed by atoms with Crippen molar-refractivity contribution in [2.75, 3.05) is 39.3 Å². The Hall–Kier alpha value is -2.23. The van der Waals surface area contributed by atoms with Gasteiger partial charge in [-0.15, -0.1) is 11.3 Å². The Morgan fingerprint density at radius 3 is 2.47 bits per heavy atom. The number of hydrogen-bond acceptors (Lipinski definition) is 4. The van der Waals surface area contributed by atoms with Gasteiger partial charge in [-0.05, 0) is 24.5 Å². The molecule has 1 saturated heterocycles. The molecule has 1 aliphatic heterocycles. The Kier molecular flexibility index (Phi) is 8.30. The zero-order chi connectivity index (χ0) is 22.2. The predicted octanol–water partition coefficient (Wildman–Crippen LogP) is 5.78. The number of carbonyl (C=O) groups excluding carboxylic acids is 1. The summed E-state index contributed by atoms with van der Waals surface area (Å²) in [6.45, 7) is 8.68. The summed E-state index contributed by atoms with van der Waals surface area (Å²) < 4.78 is 1.25. The van der Waals surface area contributed by atoms with Gasteiger partial charge in [-0.25, -0.2) is 4.79 Å². The Bertz CT molecular complexity index is 1030. The highest BCUT2D eigenvalue weighted by Crippen LogP contribution is 2.35. The van der Waals surface area contributed by atoms with E-state index in [1.54, 1.807) is 11.3 Å². The van der Waals surface area contributed by atoms with Crippen LogP contribution in [0.3, 0.4) is 0 Å². The van der Waals surface area contributed by atoms with E-state index in [1.807, 2.05) is 0 Å². The van der Waals surface area contributed by atoms with Crippen LogP contribution in [0, 0.1) is 5.92 Å². The molecule has 0 bridgehead atoms. The summed E-state index contributed by atoms with van der Waals surface area (Å²) in [5, 5.41) is 3.36. The minimum atomic E-state index is 0.251. The summed E-state index contributed by atoms with van der Waals surface area (Å²) in [7, 11) is 0. The molecule has 2 heterocycles. The minimum absolute atomic E-state index is 0.251. The summed E-state index contributed by atoms with van der Waals surface area (Å²) in [5.74, 6) is 2.63. The van der Waals surface area contributed by atoms with Crippen LogP contribution in [-0.4, -0.2) is 55.0 Å². The zero-order valence-electron chi connectivity index (χ0n) is 19.1. The van der Waals surface area contributed by atoms with Gasteiger partial charge in [-0.2, -0.15) is 0 Å². The molecule has 0 saturated carbocycles. The lowest BCUT2D eigenvalue weighted by molar-refractivity contribution is 0.124. The van der Waals surface area contributed by atoms with Crippen molar-refractivity contribution in [3.63, 3.8) is 0 Å². The fourth-order valence-corrected chi connectivity index (χ4v) is 5.72. The summed E-state index contributed by atoms with van der Waals surface area (Å²) in [5.41, 5.74) is 3.39. The van der Waals surface area contributed by atoms with E-state index in [2.05, 4.69) is 82.6 Å². The van der Waals surface area contributed by atoms with Crippen molar-refractivity contribution in [2.24, 2.45) is 5.92 Å². The van der Waals surface area contributed by atoms with Crippen molar-refractivity contribution >= 4 is 32.9 Å². The van der Waals surface area contributed by atoms with E-state index in [1.165, 1.54) is 15.6 Å². The highest BCUT2D eigenvalue weighted by Gasteiger charge is 2.25. The molecule has 0 radical (unpaired) electrons. The molecule has 0 aliphatic carbocycles. The summed E-state index contributed by atoms with van der Waals surface area (Å²) in [6.07, 6.45) is 4.47. The number of benzene rings is 2. The number of nitrogens with zero attached hydrogens (tertiary/aromatic N) is 2. The van der Waals surface area contributed by atoms with Gasteiger partial charge in [0.1, 0.15) is 5.94 Å². The van der Waals surface area contributed by atoms with Crippen LogP contribution in [0.15, 0.2) is 60.0 Å². The number of piperazine rings is 1. The number of hydrogen-bond donors (Lipinski definition) is 0. The molecule has 3 nitrogen and oxygen atoms in total. The second-order valence-corrected chi connectivity index (χ2v) is 9.79. The number of unbranched alkanes of at least 4 members (excludes halogenated alkanes) is 1. The normalized spacial score (nSPS) is 16.2. The molecule has 2 aromatic carbocycles. The van der Waals surface area contributed by atoms with Crippen LogP contribution in [-0.2, 0) is 11.2 Å². The topological polar surface area (TPSA) is 23.6 Å². The van der Waals surface area contributed by atoms with Crippen molar-refractivity contribution in [1.29, 1.82) is 0 Å². The third-order valence-electron chi connectivity index (χ3n) is 6.70. The van der Waals surface area contributed by atoms with E-state index >= 15 is 0 Å². The first-order valence-corrected chi connectivity index (χ1v) is 12.9. The molecule has 1 fully saturated rings. The summed E-state index contributed by atoms with van der Waals surface area (Å²) in [4.78, 5) is 17.3. The fourth-order valence-electron chi connectivity index (χ4n) is 4.76. The fraction of sp³-hybridized carbons (Fsp3) is 0.429. The van der Waals surface area contributed by atoms with Gasteiger partial charge >= 0.3 is 0 Å². The maximum absolute atomic E-state index is 12.2.